The van der Waals surface area contributed by atoms with E-state index in [-0.39, 0.29) is 33.8 Å². The SMILES string of the molecule is C[C@H](Cc1ccc(S(=O)(=O)c2cccc(C(=O)O)c2)cc1)NC[C@@H](O)c1cccc(Cl)c1.Cl. The average molecular weight is 510 g/mol. The molecular weight excluding hydrogens is 485 g/mol. The highest BCUT2D eigenvalue weighted by molar-refractivity contribution is 7.91. The van der Waals surface area contributed by atoms with Crippen LogP contribution >= 0.6 is 24.0 Å². The molecule has 3 rings (SSSR count). The average Bonchev–Trinajstić information content (AvgIpc) is 2.78. The van der Waals surface area contributed by atoms with Crippen molar-refractivity contribution in [2.24, 2.45) is 0 Å². The first-order valence-electron chi connectivity index (χ1n) is 10.0. The molecule has 0 spiro atoms. The summed E-state index contributed by atoms with van der Waals surface area (Å²) in [5.74, 6) is -1.18. The van der Waals surface area contributed by atoms with Gasteiger partial charge in [-0.25, -0.2) is 13.2 Å². The van der Waals surface area contributed by atoms with Gasteiger partial charge in [-0.05, 0) is 66.9 Å². The Morgan fingerprint density at radius 1 is 1.00 bits per heavy atom. The minimum absolute atomic E-state index is 0. The van der Waals surface area contributed by atoms with Crippen LogP contribution < -0.4 is 5.32 Å². The predicted octanol–water partition coefficient (Wildman–Crippen LogP) is 4.55. The summed E-state index contributed by atoms with van der Waals surface area (Å²) in [6.45, 7) is 2.33. The van der Waals surface area contributed by atoms with Crippen LogP contribution in [0.15, 0.2) is 82.6 Å². The molecule has 0 unspecified atom stereocenters. The van der Waals surface area contributed by atoms with Gasteiger partial charge in [0.1, 0.15) is 0 Å². The van der Waals surface area contributed by atoms with E-state index in [2.05, 4.69) is 5.32 Å². The van der Waals surface area contributed by atoms with Crippen molar-refractivity contribution in [2.45, 2.75) is 35.3 Å². The molecule has 0 aliphatic heterocycles. The Morgan fingerprint density at radius 2 is 1.67 bits per heavy atom. The third-order valence-corrected chi connectivity index (χ3v) is 7.06. The maximum Gasteiger partial charge on any atom is 0.335 e. The quantitative estimate of drug-likeness (QED) is 0.391. The van der Waals surface area contributed by atoms with Crippen LogP contribution in [0.25, 0.3) is 0 Å². The van der Waals surface area contributed by atoms with Crippen molar-refractivity contribution in [3.63, 3.8) is 0 Å². The fraction of sp³-hybridized carbons (Fsp3) is 0.208. The van der Waals surface area contributed by atoms with Gasteiger partial charge in [0.15, 0.2) is 0 Å². The maximum absolute atomic E-state index is 12.8. The summed E-state index contributed by atoms with van der Waals surface area (Å²) in [5.41, 5.74) is 1.58. The lowest BCUT2D eigenvalue weighted by molar-refractivity contribution is 0.0696. The van der Waals surface area contributed by atoms with Crippen LogP contribution in [0.4, 0.5) is 0 Å². The zero-order valence-corrected chi connectivity index (χ0v) is 20.2. The maximum atomic E-state index is 12.8. The summed E-state index contributed by atoms with van der Waals surface area (Å²) in [7, 11) is -3.82. The number of benzene rings is 3. The number of hydrogen-bond donors (Lipinski definition) is 3. The van der Waals surface area contributed by atoms with Gasteiger partial charge >= 0.3 is 5.97 Å². The van der Waals surface area contributed by atoms with E-state index in [0.29, 0.717) is 18.0 Å². The number of rotatable bonds is 9. The number of aromatic carboxylic acids is 1. The molecule has 6 nitrogen and oxygen atoms in total. The number of nitrogens with one attached hydrogen (secondary N) is 1. The predicted molar refractivity (Wildman–Crippen MR) is 130 cm³/mol. The number of aliphatic hydroxyl groups is 1. The fourth-order valence-corrected chi connectivity index (χ4v) is 4.81. The molecule has 0 radical (unpaired) electrons. The smallest absolute Gasteiger partial charge is 0.335 e. The van der Waals surface area contributed by atoms with Gasteiger partial charge in [0.2, 0.25) is 9.84 Å². The molecule has 0 aromatic heterocycles. The zero-order chi connectivity index (χ0) is 23.3. The van der Waals surface area contributed by atoms with Crippen molar-refractivity contribution >= 4 is 39.8 Å². The van der Waals surface area contributed by atoms with Gasteiger partial charge in [-0.15, -0.1) is 12.4 Å². The molecular formula is C24H25Cl2NO5S. The van der Waals surface area contributed by atoms with Crippen molar-refractivity contribution in [3.05, 3.63) is 94.5 Å². The van der Waals surface area contributed by atoms with Crippen LogP contribution in [0.1, 0.15) is 34.5 Å². The molecule has 0 bridgehead atoms. The minimum atomic E-state index is -3.82. The second-order valence-electron chi connectivity index (χ2n) is 7.56. The van der Waals surface area contributed by atoms with Gasteiger partial charge in [0.25, 0.3) is 0 Å². The van der Waals surface area contributed by atoms with Crippen molar-refractivity contribution in [1.82, 2.24) is 5.32 Å². The molecule has 2 atom stereocenters. The largest absolute Gasteiger partial charge is 0.478 e. The normalized spacial score (nSPS) is 13.1. The number of carbonyl (C=O) groups is 1. The van der Waals surface area contributed by atoms with E-state index in [9.17, 15) is 18.3 Å². The first kappa shape index (κ1) is 26.8. The molecule has 0 fully saturated rings. The van der Waals surface area contributed by atoms with Gasteiger partial charge in [0.05, 0.1) is 21.5 Å². The Balaban J connectivity index is 0.00000385. The Kier molecular flexibility index (Phi) is 9.46. The topological polar surface area (TPSA) is 104 Å². The van der Waals surface area contributed by atoms with Gasteiger partial charge in [-0.2, -0.15) is 0 Å². The standard InChI is InChI=1S/C24H24ClNO5S.ClH/c1-16(26-15-23(27)18-4-2-6-20(25)13-18)12-17-8-10-21(11-9-17)32(30,31)22-7-3-5-19(14-22)24(28)29;/h2-11,13-14,16,23,26-27H,12,15H2,1H3,(H,28,29);1H/t16-,23-;/m1./s1. The zero-order valence-electron chi connectivity index (χ0n) is 17.8. The Hall–Kier alpha value is -2.42. The number of aliphatic hydroxyl groups excluding tert-OH is 1. The van der Waals surface area contributed by atoms with E-state index in [1.807, 2.05) is 13.0 Å². The van der Waals surface area contributed by atoms with Gasteiger partial charge in [-0.3, -0.25) is 0 Å². The highest BCUT2D eigenvalue weighted by Gasteiger charge is 2.19. The molecule has 0 amide bonds. The Morgan fingerprint density at radius 3 is 2.30 bits per heavy atom. The molecule has 0 aliphatic carbocycles. The Bertz CT molecular complexity index is 1200. The van der Waals surface area contributed by atoms with Gasteiger partial charge < -0.3 is 15.5 Å². The summed E-state index contributed by atoms with van der Waals surface area (Å²) in [5, 5.41) is 23.3. The summed E-state index contributed by atoms with van der Waals surface area (Å²) in [4.78, 5) is 11.2. The molecule has 0 aliphatic rings. The van der Waals surface area contributed by atoms with Crippen LogP contribution in [0, 0.1) is 0 Å². The van der Waals surface area contributed by atoms with E-state index < -0.39 is 21.9 Å². The van der Waals surface area contributed by atoms with Crippen LogP contribution in [0.2, 0.25) is 5.02 Å². The lowest BCUT2D eigenvalue weighted by atomic mass is 10.1. The second-order valence-corrected chi connectivity index (χ2v) is 9.95. The first-order chi connectivity index (χ1) is 15.2. The first-order valence-corrected chi connectivity index (χ1v) is 11.9. The highest BCUT2D eigenvalue weighted by atomic mass is 35.5. The van der Waals surface area contributed by atoms with Gasteiger partial charge in [-0.1, -0.05) is 41.9 Å². The molecule has 3 aromatic carbocycles. The molecule has 0 saturated heterocycles. The molecule has 33 heavy (non-hydrogen) atoms. The van der Waals surface area contributed by atoms with Crippen LogP contribution in [0.3, 0.4) is 0 Å². The van der Waals surface area contributed by atoms with E-state index >= 15 is 0 Å². The lowest BCUT2D eigenvalue weighted by Crippen LogP contribution is -2.32. The van der Waals surface area contributed by atoms with Crippen LogP contribution in [-0.4, -0.2) is 37.2 Å². The number of carboxylic acids is 1. The molecule has 0 saturated carbocycles. The Labute approximate surface area is 204 Å². The second kappa shape index (κ2) is 11.6. The van der Waals surface area contributed by atoms with E-state index in [1.54, 1.807) is 30.3 Å². The van der Waals surface area contributed by atoms with E-state index in [0.717, 1.165) is 17.2 Å². The summed E-state index contributed by atoms with van der Waals surface area (Å²) in [6, 6.07) is 18.9. The van der Waals surface area contributed by atoms with Crippen molar-refractivity contribution in [1.29, 1.82) is 0 Å². The minimum Gasteiger partial charge on any atom is -0.478 e. The molecule has 3 N–H and O–H groups in total. The van der Waals surface area contributed by atoms with Crippen LogP contribution in [-0.2, 0) is 16.3 Å². The molecule has 0 heterocycles. The fourth-order valence-electron chi connectivity index (χ4n) is 3.31. The van der Waals surface area contributed by atoms with Crippen molar-refractivity contribution < 1.29 is 23.4 Å². The number of sulfone groups is 1. The molecule has 9 heteroatoms. The lowest BCUT2D eigenvalue weighted by Gasteiger charge is -2.18. The monoisotopic (exact) mass is 509 g/mol. The third kappa shape index (κ3) is 7.03. The third-order valence-electron chi connectivity index (χ3n) is 5.06. The highest BCUT2D eigenvalue weighted by Crippen LogP contribution is 2.23. The molecule has 176 valence electrons. The van der Waals surface area contributed by atoms with E-state index in [4.69, 9.17) is 16.7 Å². The molecule has 3 aromatic rings. The number of carboxylic acid groups (broad SMARTS) is 1. The summed E-state index contributed by atoms with van der Waals surface area (Å²) in [6.07, 6.45) is -0.0536. The van der Waals surface area contributed by atoms with Crippen LogP contribution in [0.5, 0.6) is 0 Å². The van der Waals surface area contributed by atoms with E-state index in [1.165, 1.54) is 30.3 Å². The summed E-state index contributed by atoms with van der Waals surface area (Å²) >= 11 is 5.96. The van der Waals surface area contributed by atoms with Gasteiger partial charge in [0, 0.05) is 17.6 Å². The van der Waals surface area contributed by atoms with Crippen molar-refractivity contribution in [3.8, 4) is 0 Å². The summed E-state index contributed by atoms with van der Waals surface area (Å²) < 4.78 is 25.7. The van der Waals surface area contributed by atoms with Crippen molar-refractivity contribution in [2.75, 3.05) is 6.54 Å². The number of hydrogen-bond acceptors (Lipinski definition) is 5. The number of halogens is 2.